The van der Waals surface area contributed by atoms with E-state index < -0.39 is 12.1 Å². The molecule has 4 rings (SSSR count). The van der Waals surface area contributed by atoms with Crippen LogP contribution >= 0.6 is 0 Å². The molecule has 0 aliphatic carbocycles. The molecule has 0 aromatic carbocycles. The number of hydroxylamine groups is 2. The summed E-state index contributed by atoms with van der Waals surface area (Å²) in [7, 11) is 1.60. The number of aromatic nitrogens is 2. The number of carboxylic acids is 1. The normalized spacial score (nSPS) is 25.1. The number of aliphatic carboxylic acids is 1. The zero-order chi connectivity index (χ0) is 23.3. The highest BCUT2D eigenvalue weighted by Gasteiger charge is 2.45. The average Bonchev–Trinajstić information content (AvgIpc) is 3.36. The Morgan fingerprint density at radius 3 is 2.66 bits per heavy atom. The summed E-state index contributed by atoms with van der Waals surface area (Å²) in [5, 5.41) is 8.67. The summed E-state index contributed by atoms with van der Waals surface area (Å²) in [6, 6.07) is 1.84. The number of nitrogens with zero attached hydrogens (tertiary/aromatic N) is 4. The number of amides is 1. The van der Waals surface area contributed by atoms with Crippen LogP contribution in [-0.2, 0) is 19.2 Å². The minimum Gasteiger partial charge on any atom is -0.481 e. The maximum absolute atomic E-state index is 12.5. The van der Waals surface area contributed by atoms with Gasteiger partial charge in [0.2, 0.25) is 11.8 Å². The third-order valence-electron chi connectivity index (χ3n) is 5.56. The number of methoxy groups -OCH3 is 1. The van der Waals surface area contributed by atoms with Gasteiger partial charge in [-0.25, -0.2) is 19.8 Å². The highest BCUT2D eigenvalue weighted by molar-refractivity contribution is 5.75. The van der Waals surface area contributed by atoms with Gasteiger partial charge >= 0.3 is 12.1 Å². The van der Waals surface area contributed by atoms with Gasteiger partial charge in [-0.3, -0.25) is 9.63 Å². The molecule has 0 bridgehead atoms. The third-order valence-corrected chi connectivity index (χ3v) is 5.56. The van der Waals surface area contributed by atoms with Gasteiger partial charge in [0, 0.05) is 38.0 Å². The number of carbonyl (C=O) groups is 2. The topological polar surface area (TPSA) is 114 Å². The van der Waals surface area contributed by atoms with Gasteiger partial charge in [0.25, 0.3) is 0 Å². The summed E-state index contributed by atoms with van der Waals surface area (Å²) < 4.78 is 42.9. The van der Waals surface area contributed by atoms with Gasteiger partial charge in [0.05, 0.1) is 26.4 Å². The fourth-order valence-corrected chi connectivity index (χ4v) is 3.93. The number of alkyl halides is 3. The summed E-state index contributed by atoms with van der Waals surface area (Å²) in [4.78, 5) is 37.4. The number of fused-ring (bicyclic) bond motifs is 1. The van der Waals surface area contributed by atoms with Gasteiger partial charge in [0.1, 0.15) is 12.1 Å². The molecule has 0 unspecified atom stereocenters. The average molecular weight is 462 g/mol. The molecule has 0 radical (unpaired) electrons. The van der Waals surface area contributed by atoms with E-state index in [0.717, 1.165) is 31.7 Å². The molecule has 32 heavy (non-hydrogen) atoms. The summed E-state index contributed by atoms with van der Waals surface area (Å²) in [5.41, 5.74) is 0. The fraction of sp³-hybridized carbons (Fsp3) is 0.684. The minimum atomic E-state index is -5.08. The molecule has 1 aromatic heterocycles. The van der Waals surface area contributed by atoms with Gasteiger partial charge in [-0.15, -0.1) is 0 Å². The number of halogens is 3. The van der Waals surface area contributed by atoms with Crippen molar-refractivity contribution in [1.82, 2.24) is 15.0 Å². The lowest BCUT2D eigenvalue weighted by molar-refractivity contribution is -0.198. The summed E-state index contributed by atoms with van der Waals surface area (Å²) >= 11 is 0. The number of carbonyl (C=O) groups excluding carboxylic acids is 1. The van der Waals surface area contributed by atoms with Crippen molar-refractivity contribution in [3.8, 4) is 5.88 Å². The highest BCUT2D eigenvalue weighted by Crippen LogP contribution is 2.37. The van der Waals surface area contributed by atoms with Gasteiger partial charge in [-0.1, -0.05) is 0 Å². The number of carboxylic acid groups (broad SMARTS) is 1. The Labute approximate surface area is 182 Å². The summed E-state index contributed by atoms with van der Waals surface area (Å²) in [6.07, 6.45) is -0.887. The van der Waals surface area contributed by atoms with E-state index >= 15 is 0 Å². The van der Waals surface area contributed by atoms with Crippen LogP contribution in [0.25, 0.3) is 0 Å². The Bertz CT molecular complexity index is 806. The van der Waals surface area contributed by atoms with E-state index in [2.05, 4.69) is 14.9 Å². The molecule has 3 aliphatic heterocycles. The zero-order valence-corrected chi connectivity index (χ0v) is 17.5. The monoisotopic (exact) mass is 462 g/mol. The van der Waals surface area contributed by atoms with Crippen LogP contribution in [0.1, 0.15) is 19.3 Å². The van der Waals surface area contributed by atoms with Crippen LogP contribution < -0.4 is 9.64 Å². The van der Waals surface area contributed by atoms with Crippen molar-refractivity contribution in [1.29, 1.82) is 0 Å². The summed E-state index contributed by atoms with van der Waals surface area (Å²) in [5.74, 6) is -0.707. The molecular weight excluding hydrogens is 437 g/mol. The van der Waals surface area contributed by atoms with Crippen LogP contribution in [-0.4, -0.2) is 84.3 Å². The molecule has 3 atom stereocenters. The van der Waals surface area contributed by atoms with E-state index in [0.29, 0.717) is 38.0 Å². The van der Waals surface area contributed by atoms with E-state index in [1.54, 1.807) is 12.2 Å². The molecule has 3 fully saturated rings. The Hall–Kier alpha value is -2.67. The lowest BCUT2D eigenvalue weighted by Gasteiger charge is -2.27. The first-order valence-electron chi connectivity index (χ1n) is 10.1. The molecule has 3 saturated heterocycles. The largest absolute Gasteiger partial charge is 0.490 e. The number of rotatable bonds is 4. The Balaban J connectivity index is 0.000000360. The van der Waals surface area contributed by atoms with Crippen LogP contribution in [0.2, 0.25) is 0 Å². The molecule has 1 aromatic rings. The Morgan fingerprint density at radius 1 is 1.28 bits per heavy atom. The lowest BCUT2D eigenvalue weighted by atomic mass is 9.90. The summed E-state index contributed by atoms with van der Waals surface area (Å²) in [6.45, 7) is 3.62. The first kappa shape index (κ1) is 24.0. The first-order chi connectivity index (χ1) is 15.2. The molecule has 0 saturated carbocycles. The second-order valence-electron chi connectivity index (χ2n) is 7.66. The van der Waals surface area contributed by atoms with Gasteiger partial charge in [-0.2, -0.15) is 13.2 Å². The molecule has 10 nitrogen and oxygen atoms in total. The predicted octanol–water partition coefficient (Wildman–Crippen LogP) is 1.51. The molecule has 13 heteroatoms. The Morgan fingerprint density at radius 2 is 2.03 bits per heavy atom. The van der Waals surface area contributed by atoms with Gasteiger partial charge in [-0.05, 0) is 18.8 Å². The van der Waals surface area contributed by atoms with Gasteiger partial charge in [0.15, 0.2) is 0 Å². The second-order valence-corrected chi connectivity index (χ2v) is 7.66. The molecule has 1 N–H and O–H groups in total. The van der Waals surface area contributed by atoms with Crippen molar-refractivity contribution >= 4 is 17.7 Å². The quantitative estimate of drug-likeness (QED) is 0.711. The van der Waals surface area contributed by atoms with Crippen LogP contribution in [0.3, 0.4) is 0 Å². The molecule has 3 aliphatic rings. The van der Waals surface area contributed by atoms with Crippen molar-refractivity contribution < 1.29 is 42.2 Å². The Kier molecular flexibility index (Phi) is 7.72. The maximum atomic E-state index is 12.5. The van der Waals surface area contributed by atoms with Gasteiger partial charge < -0.3 is 19.5 Å². The molecule has 1 amide bonds. The number of hydrogen-bond acceptors (Lipinski definition) is 8. The minimum absolute atomic E-state index is 0.0797. The van der Waals surface area contributed by atoms with Crippen molar-refractivity contribution in [3.05, 3.63) is 12.4 Å². The third kappa shape index (κ3) is 5.97. The number of hydrogen-bond donors (Lipinski definition) is 1. The standard InChI is InChI=1S/C17H24N4O4.C2HF3O2/c1-23-16-7-15(18-11-19-16)20-8-13-12(10-24-14(13)9-20)6-17(22)21-4-2-3-5-25-21;3-2(4,5)1(6)7/h7,11-14H,2-6,8-10H2,1H3;(H,6,7)/t12-,13-,14-;/m1./s1. The van der Waals surface area contributed by atoms with Crippen LogP contribution in [0.15, 0.2) is 12.4 Å². The van der Waals surface area contributed by atoms with Crippen molar-refractivity contribution in [2.45, 2.75) is 31.5 Å². The van der Waals surface area contributed by atoms with Crippen LogP contribution in [0.4, 0.5) is 19.0 Å². The van der Waals surface area contributed by atoms with Crippen molar-refractivity contribution in [3.63, 3.8) is 0 Å². The van der Waals surface area contributed by atoms with E-state index in [4.69, 9.17) is 24.2 Å². The van der Waals surface area contributed by atoms with E-state index in [-0.39, 0.29) is 17.9 Å². The first-order valence-corrected chi connectivity index (χ1v) is 10.1. The predicted molar refractivity (Wildman–Crippen MR) is 103 cm³/mol. The zero-order valence-electron chi connectivity index (χ0n) is 17.5. The smallest absolute Gasteiger partial charge is 0.481 e. The fourth-order valence-electron chi connectivity index (χ4n) is 3.93. The maximum Gasteiger partial charge on any atom is 0.490 e. The molecule has 4 heterocycles. The molecule has 178 valence electrons. The van der Waals surface area contributed by atoms with Crippen molar-refractivity contribution in [2.75, 3.05) is 44.9 Å². The van der Waals surface area contributed by atoms with E-state index in [1.807, 2.05) is 6.07 Å². The van der Waals surface area contributed by atoms with Crippen molar-refractivity contribution in [2.24, 2.45) is 11.8 Å². The molecule has 0 spiro atoms. The van der Waals surface area contributed by atoms with E-state index in [1.165, 1.54) is 6.33 Å². The number of anilines is 1. The second kappa shape index (κ2) is 10.3. The highest BCUT2D eigenvalue weighted by atomic mass is 19.4. The van der Waals surface area contributed by atoms with E-state index in [9.17, 15) is 18.0 Å². The van der Waals surface area contributed by atoms with Crippen LogP contribution in [0.5, 0.6) is 5.88 Å². The lowest BCUT2D eigenvalue weighted by Crippen LogP contribution is -2.37. The molecular formula is C19H25F3N4O6. The van der Waals surface area contributed by atoms with Crippen LogP contribution in [0, 0.1) is 11.8 Å². The SMILES string of the molecule is COc1cc(N2C[C@@H]3[C@H](CC(=O)N4CCCCO4)CO[C@@H]3C2)ncn1.O=C(O)C(F)(F)F. The number of ether oxygens (including phenoxy) is 2.